The molecule has 3 amide bonds. The molecule has 0 aliphatic carbocycles. The number of anilines is 1. The lowest BCUT2D eigenvalue weighted by atomic mass is 10.0. The summed E-state index contributed by atoms with van der Waals surface area (Å²) < 4.78 is 26.8. The molecule has 3 aromatic rings. The van der Waals surface area contributed by atoms with Crippen LogP contribution in [0, 0.1) is 11.6 Å². The Labute approximate surface area is 225 Å². The van der Waals surface area contributed by atoms with Gasteiger partial charge in [-0.2, -0.15) is 0 Å². The minimum absolute atomic E-state index is 0.0961. The second kappa shape index (κ2) is 12.4. The van der Waals surface area contributed by atoms with E-state index in [1.165, 1.54) is 24.2 Å². The second-order valence-corrected chi connectivity index (χ2v) is 10.0. The summed E-state index contributed by atoms with van der Waals surface area (Å²) in [5.74, 6) is -3.52. The van der Waals surface area contributed by atoms with E-state index in [0.717, 1.165) is 31.4 Å². The summed E-state index contributed by atoms with van der Waals surface area (Å²) in [4.78, 5) is 42.8. The van der Waals surface area contributed by atoms with Crippen LogP contribution >= 0.6 is 0 Å². The monoisotopic (exact) mass is 540 g/mol. The first-order valence-corrected chi connectivity index (χ1v) is 13.4. The zero-order valence-corrected chi connectivity index (χ0v) is 22.0. The minimum atomic E-state index is -2.31. The highest BCUT2D eigenvalue weighted by Crippen LogP contribution is 2.31. The molecule has 1 fully saturated rings. The van der Waals surface area contributed by atoms with Crippen LogP contribution in [-0.4, -0.2) is 46.5 Å². The van der Waals surface area contributed by atoms with Gasteiger partial charge in [-0.15, -0.1) is 0 Å². The lowest BCUT2D eigenvalue weighted by molar-refractivity contribution is -0.149. The standard InChI is InChI=1S/C29H34F2N4O4/c1-2-3-4-5-6-7-11-32-26(36)25-16-20-15-23(8-9-24(20)34-25)35-12-10-29(39,28(35)38)27(37)33-18-19-13-21(30)17-22(31)14-19/h8-9,13-17,34,39H,2-7,10-12,18H2,1H3,(H,32,36)(H,33,37). The zero-order valence-electron chi connectivity index (χ0n) is 22.0. The number of unbranched alkanes of at least 4 members (excludes halogenated alkanes) is 5. The fraction of sp³-hybridized carbons (Fsp3) is 0.414. The van der Waals surface area contributed by atoms with Gasteiger partial charge in [0.15, 0.2) is 0 Å². The number of carbonyl (C=O) groups is 3. The number of aromatic amines is 1. The Morgan fingerprint density at radius 2 is 1.72 bits per heavy atom. The van der Waals surface area contributed by atoms with Crippen molar-refractivity contribution in [2.24, 2.45) is 0 Å². The van der Waals surface area contributed by atoms with E-state index < -0.39 is 29.0 Å². The molecule has 39 heavy (non-hydrogen) atoms. The average molecular weight is 541 g/mol. The fourth-order valence-electron chi connectivity index (χ4n) is 4.82. The third-order valence-corrected chi connectivity index (χ3v) is 7.02. The second-order valence-electron chi connectivity index (χ2n) is 10.0. The maximum atomic E-state index is 13.4. The summed E-state index contributed by atoms with van der Waals surface area (Å²) in [7, 11) is 0. The predicted octanol–water partition coefficient (Wildman–Crippen LogP) is 4.32. The van der Waals surface area contributed by atoms with E-state index in [1.54, 1.807) is 24.3 Å². The Kier molecular flexibility index (Phi) is 8.96. The molecule has 4 N–H and O–H groups in total. The molecule has 0 saturated carbocycles. The number of nitrogens with zero attached hydrogens (tertiary/aromatic N) is 1. The van der Waals surface area contributed by atoms with Gasteiger partial charge in [0.25, 0.3) is 17.7 Å². The molecule has 1 aromatic heterocycles. The van der Waals surface area contributed by atoms with Gasteiger partial charge in [-0.1, -0.05) is 39.0 Å². The number of benzene rings is 2. The van der Waals surface area contributed by atoms with E-state index in [-0.39, 0.29) is 31.0 Å². The number of hydrogen-bond acceptors (Lipinski definition) is 4. The molecule has 208 valence electrons. The summed E-state index contributed by atoms with van der Waals surface area (Å²) in [5, 5.41) is 16.9. The van der Waals surface area contributed by atoms with Crippen molar-refractivity contribution in [2.45, 2.75) is 64.0 Å². The van der Waals surface area contributed by atoms with Crippen LogP contribution in [0.3, 0.4) is 0 Å². The van der Waals surface area contributed by atoms with Crippen LogP contribution in [0.1, 0.15) is 67.9 Å². The Balaban J connectivity index is 1.36. The molecule has 1 aliphatic rings. The number of H-pyrrole nitrogens is 1. The number of hydrogen-bond donors (Lipinski definition) is 4. The van der Waals surface area contributed by atoms with Crippen molar-refractivity contribution in [3.05, 3.63) is 65.4 Å². The van der Waals surface area contributed by atoms with E-state index in [4.69, 9.17) is 0 Å². The Bertz CT molecular complexity index is 1340. The molecule has 1 atom stereocenters. The first-order chi connectivity index (χ1) is 18.7. The van der Waals surface area contributed by atoms with Gasteiger partial charge in [-0.25, -0.2) is 8.78 Å². The Hall–Kier alpha value is -3.79. The van der Waals surface area contributed by atoms with Crippen LogP contribution in [-0.2, 0) is 16.1 Å². The van der Waals surface area contributed by atoms with Crippen LogP contribution in [0.15, 0.2) is 42.5 Å². The number of fused-ring (bicyclic) bond motifs is 1. The number of carbonyl (C=O) groups excluding carboxylic acids is 3. The molecule has 8 nitrogen and oxygen atoms in total. The van der Waals surface area contributed by atoms with Crippen molar-refractivity contribution in [2.75, 3.05) is 18.0 Å². The number of aromatic nitrogens is 1. The van der Waals surface area contributed by atoms with Crippen LogP contribution in [0.4, 0.5) is 14.5 Å². The number of amides is 3. The highest BCUT2D eigenvalue weighted by molar-refractivity contribution is 6.16. The average Bonchev–Trinajstić information content (AvgIpc) is 3.47. The molecule has 0 spiro atoms. The number of aliphatic hydroxyl groups is 1. The van der Waals surface area contributed by atoms with Crippen molar-refractivity contribution >= 4 is 34.3 Å². The largest absolute Gasteiger partial charge is 0.372 e. The van der Waals surface area contributed by atoms with Gasteiger partial charge in [-0.3, -0.25) is 14.4 Å². The smallest absolute Gasteiger partial charge is 0.268 e. The van der Waals surface area contributed by atoms with Gasteiger partial charge >= 0.3 is 0 Å². The maximum Gasteiger partial charge on any atom is 0.268 e. The normalized spacial score (nSPS) is 17.1. The molecule has 0 bridgehead atoms. The summed E-state index contributed by atoms with van der Waals surface area (Å²) in [6.45, 7) is 2.62. The molecule has 2 aromatic carbocycles. The summed E-state index contributed by atoms with van der Waals surface area (Å²) in [6.07, 6.45) is 6.66. The first kappa shape index (κ1) is 28.2. The van der Waals surface area contributed by atoms with Crippen molar-refractivity contribution in [1.82, 2.24) is 15.6 Å². The Morgan fingerprint density at radius 1 is 1.00 bits per heavy atom. The van der Waals surface area contributed by atoms with E-state index in [0.29, 0.717) is 34.9 Å². The van der Waals surface area contributed by atoms with Gasteiger partial charge < -0.3 is 25.6 Å². The van der Waals surface area contributed by atoms with Crippen molar-refractivity contribution in [3.8, 4) is 0 Å². The topological polar surface area (TPSA) is 115 Å². The van der Waals surface area contributed by atoms with Crippen molar-refractivity contribution in [3.63, 3.8) is 0 Å². The molecular formula is C29H34F2N4O4. The number of rotatable bonds is 12. The SMILES string of the molecule is CCCCCCCCNC(=O)c1cc2cc(N3CCC(O)(C(=O)NCc4cc(F)cc(F)c4)C3=O)ccc2[nH]1. The van der Waals surface area contributed by atoms with Gasteiger partial charge in [0.2, 0.25) is 5.60 Å². The lowest BCUT2D eigenvalue weighted by Gasteiger charge is -2.22. The molecule has 10 heteroatoms. The van der Waals surface area contributed by atoms with Crippen LogP contribution in [0.25, 0.3) is 10.9 Å². The van der Waals surface area contributed by atoms with Crippen LogP contribution < -0.4 is 15.5 Å². The Morgan fingerprint density at radius 3 is 2.46 bits per heavy atom. The van der Waals surface area contributed by atoms with Crippen LogP contribution in [0.2, 0.25) is 0 Å². The highest BCUT2D eigenvalue weighted by atomic mass is 19.1. The van der Waals surface area contributed by atoms with Crippen molar-refractivity contribution in [1.29, 1.82) is 0 Å². The molecule has 1 saturated heterocycles. The lowest BCUT2D eigenvalue weighted by Crippen LogP contribution is -2.52. The van der Waals surface area contributed by atoms with Crippen molar-refractivity contribution < 1.29 is 28.3 Å². The first-order valence-electron chi connectivity index (χ1n) is 13.4. The van der Waals surface area contributed by atoms with Gasteiger partial charge in [0.05, 0.1) is 0 Å². The molecule has 0 radical (unpaired) electrons. The molecule has 2 heterocycles. The van der Waals surface area contributed by atoms with Gasteiger partial charge in [0, 0.05) is 48.7 Å². The van der Waals surface area contributed by atoms with Gasteiger partial charge in [0.1, 0.15) is 17.3 Å². The minimum Gasteiger partial charge on any atom is -0.372 e. The zero-order chi connectivity index (χ0) is 28.0. The summed E-state index contributed by atoms with van der Waals surface area (Å²) >= 11 is 0. The highest BCUT2D eigenvalue weighted by Gasteiger charge is 2.51. The van der Waals surface area contributed by atoms with E-state index >= 15 is 0 Å². The molecule has 4 rings (SSSR count). The molecule has 1 unspecified atom stereocenters. The predicted molar refractivity (Wildman–Crippen MR) is 144 cm³/mol. The molecule has 1 aliphatic heterocycles. The van der Waals surface area contributed by atoms with Gasteiger partial charge in [-0.05, 0) is 48.4 Å². The quantitative estimate of drug-likeness (QED) is 0.202. The third-order valence-electron chi connectivity index (χ3n) is 7.02. The summed E-state index contributed by atoms with van der Waals surface area (Å²) in [6, 6.07) is 9.66. The molecular weight excluding hydrogens is 506 g/mol. The number of nitrogens with one attached hydrogen (secondary N) is 3. The number of halogens is 2. The maximum absolute atomic E-state index is 13.4. The third kappa shape index (κ3) is 6.62. The van der Waals surface area contributed by atoms with E-state index in [2.05, 4.69) is 22.5 Å². The van der Waals surface area contributed by atoms with Crippen LogP contribution in [0.5, 0.6) is 0 Å². The fourth-order valence-corrected chi connectivity index (χ4v) is 4.82. The van der Waals surface area contributed by atoms with E-state index in [1.807, 2.05) is 0 Å². The summed E-state index contributed by atoms with van der Waals surface area (Å²) in [5.41, 5.74) is -0.547. The van der Waals surface area contributed by atoms with E-state index in [9.17, 15) is 28.3 Å².